The fraction of sp³-hybridized carbons (Fsp3) is 0.143. The second-order valence-electron chi connectivity index (χ2n) is 4.29. The maximum Gasteiger partial charge on any atom is 0.272 e. The molecule has 5 heteroatoms. The average Bonchev–Trinajstić information content (AvgIpc) is 2.39. The molecule has 2 rings (SSSR count). The van der Waals surface area contributed by atoms with Gasteiger partial charge >= 0.3 is 0 Å². The van der Waals surface area contributed by atoms with Crippen molar-refractivity contribution in [3.8, 4) is 0 Å². The van der Waals surface area contributed by atoms with E-state index >= 15 is 0 Å². The number of anilines is 1. The zero-order valence-corrected chi connectivity index (χ0v) is 10.5. The van der Waals surface area contributed by atoms with E-state index in [1.807, 2.05) is 19.1 Å². The Bertz CT molecular complexity index is 630. The first-order valence-corrected chi connectivity index (χ1v) is 5.92. The van der Waals surface area contributed by atoms with E-state index < -0.39 is 0 Å². The van der Waals surface area contributed by atoms with Crippen LogP contribution in [0.1, 0.15) is 29.0 Å². The fourth-order valence-electron chi connectivity index (χ4n) is 1.65. The van der Waals surface area contributed by atoms with Gasteiger partial charge in [0.25, 0.3) is 5.91 Å². The lowest BCUT2D eigenvalue weighted by Crippen LogP contribution is -2.17. The molecule has 0 spiro atoms. The van der Waals surface area contributed by atoms with Crippen molar-refractivity contribution in [2.75, 3.05) is 5.32 Å². The lowest BCUT2D eigenvalue weighted by Gasteiger charge is -2.08. The molecule has 0 saturated carbocycles. The van der Waals surface area contributed by atoms with Crippen LogP contribution in [0.2, 0.25) is 0 Å². The quantitative estimate of drug-likeness (QED) is 0.781. The Morgan fingerprint density at radius 3 is 2.47 bits per heavy atom. The van der Waals surface area contributed by atoms with Gasteiger partial charge in [-0.15, -0.1) is 0 Å². The van der Waals surface area contributed by atoms with Gasteiger partial charge in [-0.05, 0) is 30.7 Å². The Kier molecular flexibility index (Phi) is 3.77. The molecule has 1 aromatic carbocycles. The summed E-state index contributed by atoms with van der Waals surface area (Å²) in [6.45, 7) is 1.89. The molecule has 0 aliphatic heterocycles. The zero-order chi connectivity index (χ0) is 13.8. The lowest BCUT2D eigenvalue weighted by atomic mass is 10.1. The van der Waals surface area contributed by atoms with Crippen molar-refractivity contribution in [1.29, 1.82) is 0 Å². The van der Waals surface area contributed by atoms with Crippen LogP contribution < -0.4 is 16.6 Å². The highest BCUT2D eigenvalue weighted by Gasteiger charge is 2.07. The van der Waals surface area contributed by atoms with Crippen LogP contribution in [-0.4, -0.2) is 10.9 Å². The van der Waals surface area contributed by atoms with Crippen molar-refractivity contribution in [3.05, 3.63) is 64.1 Å². The first kappa shape index (κ1) is 13.0. The van der Waals surface area contributed by atoms with Gasteiger partial charge < -0.3 is 16.0 Å². The number of nitrogens with two attached hydrogens (primary N) is 1. The topological polar surface area (TPSA) is 88.0 Å². The van der Waals surface area contributed by atoms with E-state index in [2.05, 4.69) is 10.3 Å². The highest BCUT2D eigenvalue weighted by Crippen LogP contribution is 2.14. The van der Waals surface area contributed by atoms with Gasteiger partial charge in [0.15, 0.2) is 0 Å². The summed E-state index contributed by atoms with van der Waals surface area (Å²) in [7, 11) is 0. The number of hydrogen-bond donors (Lipinski definition) is 3. The van der Waals surface area contributed by atoms with Gasteiger partial charge in [-0.2, -0.15) is 0 Å². The summed E-state index contributed by atoms with van der Waals surface area (Å²) in [6, 6.07) is 11.7. The molecular weight excluding hydrogens is 242 g/mol. The molecule has 2 aromatic rings. The van der Waals surface area contributed by atoms with Crippen LogP contribution in [0.25, 0.3) is 0 Å². The molecule has 4 N–H and O–H groups in total. The van der Waals surface area contributed by atoms with Crippen molar-refractivity contribution >= 4 is 11.6 Å². The normalized spacial score (nSPS) is 11.9. The minimum atomic E-state index is -0.355. The van der Waals surface area contributed by atoms with Gasteiger partial charge in [0, 0.05) is 17.8 Å². The van der Waals surface area contributed by atoms with Gasteiger partial charge in [-0.3, -0.25) is 9.59 Å². The van der Waals surface area contributed by atoms with Crippen molar-refractivity contribution in [3.63, 3.8) is 0 Å². The van der Waals surface area contributed by atoms with Crippen molar-refractivity contribution < 1.29 is 4.79 Å². The molecule has 1 heterocycles. The number of aromatic nitrogens is 1. The third kappa shape index (κ3) is 3.29. The van der Waals surface area contributed by atoms with Gasteiger partial charge in [-0.1, -0.05) is 18.2 Å². The predicted molar refractivity (Wildman–Crippen MR) is 74.1 cm³/mol. The number of benzene rings is 1. The summed E-state index contributed by atoms with van der Waals surface area (Å²) in [4.78, 5) is 25.5. The van der Waals surface area contributed by atoms with E-state index in [1.165, 1.54) is 12.1 Å². The Labute approximate surface area is 110 Å². The molecule has 0 bridgehead atoms. The zero-order valence-electron chi connectivity index (χ0n) is 10.5. The number of carbonyl (C=O) groups is 1. The van der Waals surface area contributed by atoms with Crippen LogP contribution in [0.3, 0.4) is 0 Å². The molecule has 98 valence electrons. The number of carbonyl (C=O) groups excluding carboxylic acids is 1. The average molecular weight is 257 g/mol. The highest BCUT2D eigenvalue weighted by molar-refractivity contribution is 6.02. The van der Waals surface area contributed by atoms with Gasteiger partial charge in [-0.25, -0.2) is 0 Å². The molecule has 1 amide bonds. The molecule has 1 atom stereocenters. The van der Waals surface area contributed by atoms with Crippen LogP contribution >= 0.6 is 0 Å². The largest absolute Gasteiger partial charge is 0.324 e. The van der Waals surface area contributed by atoms with Gasteiger partial charge in [0.1, 0.15) is 5.69 Å². The minimum Gasteiger partial charge on any atom is -0.324 e. The summed E-state index contributed by atoms with van der Waals surface area (Å²) in [5, 5.41) is 2.70. The molecule has 0 radical (unpaired) electrons. The smallest absolute Gasteiger partial charge is 0.272 e. The Morgan fingerprint density at radius 2 is 1.89 bits per heavy atom. The third-order valence-corrected chi connectivity index (χ3v) is 2.71. The van der Waals surface area contributed by atoms with Gasteiger partial charge in [0.05, 0.1) is 0 Å². The Balaban J connectivity index is 2.13. The van der Waals surface area contributed by atoms with Crippen molar-refractivity contribution in [2.45, 2.75) is 13.0 Å². The summed E-state index contributed by atoms with van der Waals surface area (Å²) < 4.78 is 0. The molecule has 19 heavy (non-hydrogen) atoms. The second kappa shape index (κ2) is 5.49. The number of hydrogen-bond acceptors (Lipinski definition) is 3. The monoisotopic (exact) mass is 257 g/mol. The number of pyridine rings is 1. The molecule has 1 aromatic heterocycles. The summed E-state index contributed by atoms with van der Waals surface area (Å²) in [5.74, 6) is -0.355. The first-order valence-electron chi connectivity index (χ1n) is 5.92. The second-order valence-corrected chi connectivity index (χ2v) is 4.29. The van der Waals surface area contributed by atoms with Crippen molar-refractivity contribution in [1.82, 2.24) is 4.98 Å². The Hall–Kier alpha value is -2.40. The standard InChI is InChI=1S/C14H15N3O2/c1-9(15)10-5-7-11(8-6-10)16-14(19)12-3-2-4-13(18)17-12/h2-9H,15H2,1H3,(H,16,19)(H,17,18). The number of aromatic amines is 1. The van der Waals surface area contributed by atoms with Crippen LogP contribution in [-0.2, 0) is 0 Å². The number of rotatable bonds is 3. The molecule has 0 aliphatic carbocycles. The minimum absolute atomic E-state index is 0.0461. The van der Waals surface area contributed by atoms with Crippen LogP contribution in [0.5, 0.6) is 0 Å². The predicted octanol–water partition coefficient (Wildman–Crippen LogP) is 1.65. The SMILES string of the molecule is CC(N)c1ccc(NC(=O)c2cccc(=O)[nH]2)cc1. The van der Waals surface area contributed by atoms with E-state index in [-0.39, 0.29) is 23.2 Å². The number of H-pyrrole nitrogens is 1. The van der Waals surface area contributed by atoms with Crippen LogP contribution in [0.4, 0.5) is 5.69 Å². The van der Waals surface area contributed by atoms with E-state index in [0.29, 0.717) is 5.69 Å². The Morgan fingerprint density at radius 1 is 1.21 bits per heavy atom. The van der Waals surface area contributed by atoms with Crippen molar-refractivity contribution in [2.24, 2.45) is 5.73 Å². The molecule has 0 aliphatic rings. The fourth-order valence-corrected chi connectivity index (χ4v) is 1.65. The molecular formula is C14H15N3O2. The molecule has 0 saturated heterocycles. The number of nitrogens with one attached hydrogen (secondary N) is 2. The van der Waals surface area contributed by atoms with E-state index in [4.69, 9.17) is 5.73 Å². The van der Waals surface area contributed by atoms with Gasteiger partial charge in [0.2, 0.25) is 5.56 Å². The van der Waals surface area contributed by atoms with Crippen LogP contribution in [0, 0.1) is 0 Å². The van der Waals surface area contributed by atoms with E-state index in [1.54, 1.807) is 18.2 Å². The first-order chi connectivity index (χ1) is 9.06. The lowest BCUT2D eigenvalue weighted by molar-refractivity contribution is 0.102. The summed E-state index contributed by atoms with van der Waals surface area (Å²) >= 11 is 0. The molecule has 1 unspecified atom stereocenters. The van der Waals surface area contributed by atoms with Crippen LogP contribution in [0.15, 0.2) is 47.3 Å². The molecule has 0 fully saturated rings. The summed E-state index contributed by atoms with van der Waals surface area (Å²) in [6.07, 6.45) is 0. The third-order valence-electron chi connectivity index (χ3n) is 2.71. The maximum atomic E-state index is 11.9. The highest BCUT2D eigenvalue weighted by atomic mass is 16.2. The number of amides is 1. The molecule has 5 nitrogen and oxygen atoms in total. The van der Waals surface area contributed by atoms with E-state index in [0.717, 1.165) is 5.56 Å². The maximum absolute atomic E-state index is 11.9. The van der Waals surface area contributed by atoms with E-state index in [9.17, 15) is 9.59 Å². The summed E-state index contributed by atoms with van der Waals surface area (Å²) in [5.41, 5.74) is 7.31.